The number of thioether (sulfide) groups is 1. The normalized spacial score (nSPS) is 10.4. The van der Waals surface area contributed by atoms with Crippen LogP contribution in [-0.4, -0.2) is 10.8 Å². The molecule has 0 aliphatic rings. The Morgan fingerprint density at radius 2 is 2.19 bits per heavy atom. The van der Waals surface area contributed by atoms with Crippen molar-refractivity contribution in [3.63, 3.8) is 0 Å². The molecule has 1 heterocycles. The van der Waals surface area contributed by atoms with Crippen LogP contribution in [0.1, 0.15) is 20.1 Å². The van der Waals surface area contributed by atoms with Crippen molar-refractivity contribution in [3.05, 3.63) is 55.8 Å². The van der Waals surface area contributed by atoms with E-state index in [1.807, 2.05) is 6.92 Å². The number of nitrogens with two attached hydrogens (primary N) is 1. The number of amides is 1. The van der Waals surface area contributed by atoms with E-state index in [0.717, 1.165) is 10.4 Å². The zero-order valence-electron chi connectivity index (χ0n) is 11.2. The fourth-order valence-corrected chi connectivity index (χ4v) is 3.84. The van der Waals surface area contributed by atoms with E-state index in [1.165, 1.54) is 29.2 Å². The number of hydrogen-bond acceptors (Lipinski definition) is 6. The maximum Gasteiger partial charge on any atom is 0.282 e. The molecule has 0 saturated carbocycles. The summed E-state index contributed by atoms with van der Waals surface area (Å²) in [4.78, 5) is 24.2. The molecule has 0 bridgehead atoms. The van der Waals surface area contributed by atoms with Crippen LogP contribution in [0.25, 0.3) is 0 Å². The smallest absolute Gasteiger partial charge is 0.282 e. The average Bonchev–Trinajstić information content (AvgIpc) is 2.85. The largest absolute Gasteiger partial charge is 0.289 e. The van der Waals surface area contributed by atoms with E-state index in [2.05, 4.69) is 5.43 Å². The average molecular weight is 323 g/mol. The van der Waals surface area contributed by atoms with E-state index < -0.39 is 4.92 Å². The van der Waals surface area contributed by atoms with E-state index in [1.54, 1.807) is 24.3 Å². The molecule has 0 atom stereocenters. The van der Waals surface area contributed by atoms with Gasteiger partial charge in [0.25, 0.3) is 11.6 Å². The number of aryl methyl sites for hydroxylation is 1. The van der Waals surface area contributed by atoms with Crippen LogP contribution in [0.2, 0.25) is 0 Å². The number of para-hydroxylation sites is 1. The molecule has 0 aliphatic heterocycles. The number of nitrogen functional groups attached to an aromatic ring is 1. The molecular weight excluding hydrogens is 310 g/mol. The first kappa shape index (κ1) is 15.5. The Labute approximate surface area is 129 Å². The SMILES string of the molecule is Cc1sc(C(=O)NN)cc1CSc1ccccc1[N+](=O)[O-]. The van der Waals surface area contributed by atoms with E-state index >= 15 is 0 Å². The molecule has 2 rings (SSSR count). The summed E-state index contributed by atoms with van der Waals surface area (Å²) in [5, 5.41) is 11.0. The van der Waals surface area contributed by atoms with Crippen molar-refractivity contribution in [2.45, 2.75) is 17.6 Å². The van der Waals surface area contributed by atoms with Gasteiger partial charge >= 0.3 is 0 Å². The van der Waals surface area contributed by atoms with Crippen molar-refractivity contribution >= 4 is 34.7 Å². The summed E-state index contributed by atoms with van der Waals surface area (Å²) in [6, 6.07) is 8.38. The molecule has 0 radical (unpaired) electrons. The molecule has 8 heteroatoms. The van der Waals surface area contributed by atoms with Crippen molar-refractivity contribution in [3.8, 4) is 0 Å². The first-order valence-corrected chi connectivity index (χ1v) is 7.79. The van der Waals surface area contributed by atoms with Crippen LogP contribution in [0.3, 0.4) is 0 Å². The lowest BCUT2D eigenvalue weighted by molar-refractivity contribution is -0.387. The topological polar surface area (TPSA) is 98.3 Å². The summed E-state index contributed by atoms with van der Waals surface area (Å²) in [6.45, 7) is 1.91. The van der Waals surface area contributed by atoms with Gasteiger partial charge in [0.2, 0.25) is 0 Å². The molecule has 21 heavy (non-hydrogen) atoms. The zero-order chi connectivity index (χ0) is 15.4. The van der Waals surface area contributed by atoms with Gasteiger partial charge in [0.15, 0.2) is 0 Å². The van der Waals surface area contributed by atoms with Crippen LogP contribution in [-0.2, 0) is 5.75 Å². The Bertz CT molecular complexity index is 685. The predicted molar refractivity (Wildman–Crippen MR) is 83.4 cm³/mol. The molecule has 1 amide bonds. The highest BCUT2D eigenvalue weighted by atomic mass is 32.2. The zero-order valence-corrected chi connectivity index (χ0v) is 12.8. The lowest BCUT2D eigenvalue weighted by Gasteiger charge is -2.02. The maximum atomic E-state index is 11.5. The molecule has 2 aromatic rings. The Morgan fingerprint density at radius 3 is 2.86 bits per heavy atom. The van der Waals surface area contributed by atoms with Gasteiger partial charge in [-0.05, 0) is 24.6 Å². The number of benzene rings is 1. The van der Waals surface area contributed by atoms with Gasteiger partial charge in [-0.25, -0.2) is 5.84 Å². The molecule has 0 saturated heterocycles. The van der Waals surface area contributed by atoms with Crippen LogP contribution in [0.4, 0.5) is 5.69 Å². The number of nitrogens with zero attached hydrogens (tertiary/aromatic N) is 1. The summed E-state index contributed by atoms with van der Waals surface area (Å²) in [5.41, 5.74) is 3.16. The first-order chi connectivity index (χ1) is 10.0. The highest BCUT2D eigenvalue weighted by Crippen LogP contribution is 2.33. The second-order valence-electron chi connectivity index (χ2n) is 4.18. The second-order valence-corrected chi connectivity index (χ2v) is 6.45. The highest BCUT2D eigenvalue weighted by Gasteiger charge is 2.15. The number of carbonyl (C=O) groups excluding carboxylic acids is 1. The van der Waals surface area contributed by atoms with Crippen molar-refractivity contribution < 1.29 is 9.72 Å². The van der Waals surface area contributed by atoms with E-state index in [4.69, 9.17) is 5.84 Å². The molecule has 0 aliphatic carbocycles. The summed E-state index contributed by atoms with van der Waals surface area (Å²) < 4.78 is 0. The number of nitrogens with one attached hydrogen (secondary N) is 1. The molecule has 1 aromatic heterocycles. The second kappa shape index (κ2) is 6.70. The molecule has 0 unspecified atom stereocenters. The minimum Gasteiger partial charge on any atom is -0.289 e. The lowest BCUT2D eigenvalue weighted by Crippen LogP contribution is -2.29. The minimum atomic E-state index is -0.393. The maximum absolute atomic E-state index is 11.5. The third kappa shape index (κ3) is 3.60. The number of nitro groups is 1. The van der Waals surface area contributed by atoms with Crippen LogP contribution in [0.15, 0.2) is 35.2 Å². The number of hydrazine groups is 1. The number of carbonyl (C=O) groups is 1. The van der Waals surface area contributed by atoms with Gasteiger partial charge in [-0.2, -0.15) is 0 Å². The minimum absolute atomic E-state index is 0.0929. The van der Waals surface area contributed by atoms with Gasteiger partial charge in [0.1, 0.15) is 0 Å². The van der Waals surface area contributed by atoms with E-state index in [-0.39, 0.29) is 11.6 Å². The van der Waals surface area contributed by atoms with E-state index in [0.29, 0.717) is 15.5 Å². The molecule has 110 valence electrons. The van der Waals surface area contributed by atoms with E-state index in [9.17, 15) is 14.9 Å². The lowest BCUT2D eigenvalue weighted by atomic mass is 10.3. The van der Waals surface area contributed by atoms with Gasteiger partial charge < -0.3 is 0 Å². The Hall–Kier alpha value is -1.90. The molecule has 1 aromatic carbocycles. The first-order valence-electron chi connectivity index (χ1n) is 5.99. The molecular formula is C13H13N3O3S2. The van der Waals surface area contributed by atoms with Crippen LogP contribution >= 0.6 is 23.1 Å². The standard InChI is InChI=1S/C13H13N3O3S2/c1-8-9(6-12(21-8)13(17)15-14)7-20-11-5-3-2-4-10(11)16(18)19/h2-6H,7,14H2,1H3,(H,15,17). The van der Waals surface area contributed by atoms with Crippen LogP contribution in [0.5, 0.6) is 0 Å². The molecule has 0 fully saturated rings. The summed E-state index contributed by atoms with van der Waals surface area (Å²) in [7, 11) is 0. The van der Waals surface area contributed by atoms with Crippen LogP contribution < -0.4 is 11.3 Å². The Morgan fingerprint density at radius 1 is 1.48 bits per heavy atom. The molecule has 3 N–H and O–H groups in total. The van der Waals surface area contributed by atoms with Crippen LogP contribution in [0, 0.1) is 17.0 Å². The molecule has 0 spiro atoms. The monoisotopic (exact) mass is 323 g/mol. The number of nitro benzene ring substituents is 1. The third-order valence-corrected chi connectivity index (χ3v) is 5.02. The predicted octanol–water partition coefficient (Wildman–Crippen LogP) is 2.86. The Kier molecular flexibility index (Phi) is 4.94. The number of rotatable bonds is 5. The molecule has 6 nitrogen and oxygen atoms in total. The van der Waals surface area contributed by atoms with Crippen molar-refractivity contribution in [2.75, 3.05) is 0 Å². The third-order valence-electron chi connectivity index (χ3n) is 2.82. The summed E-state index contributed by atoms with van der Waals surface area (Å²) >= 11 is 2.73. The fourth-order valence-electron chi connectivity index (χ4n) is 1.73. The van der Waals surface area contributed by atoms with Gasteiger partial charge in [0, 0.05) is 16.7 Å². The Balaban J connectivity index is 2.15. The van der Waals surface area contributed by atoms with Gasteiger partial charge in [-0.3, -0.25) is 20.3 Å². The van der Waals surface area contributed by atoms with Crippen molar-refractivity contribution in [1.82, 2.24) is 5.43 Å². The van der Waals surface area contributed by atoms with Crippen molar-refractivity contribution in [2.24, 2.45) is 5.84 Å². The van der Waals surface area contributed by atoms with Gasteiger partial charge in [-0.15, -0.1) is 23.1 Å². The summed E-state index contributed by atoms with van der Waals surface area (Å²) in [6.07, 6.45) is 0. The van der Waals surface area contributed by atoms with Gasteiger partial charge in [-0.1, -0.05) is 12.1 Å². The fraction of sp³-hybridized carbons (Fsp3) is 0.154. The summed E-state index contributed by atoms with van der Waals surface area (Å²) in [5.74, 6) is 5.34. The van der Waals surface area contributed by atoms with Crippen molar-refractivity contribution in [1.29, 1.82) is 0 Å². The number of hydrogen-bond donors (Lipinski definition) is 2. The van der Waals surface area contributed by atoms with Gasteiger partial charge in [0.05, 0.1) is 14.7 Å². The quantitative estimate of drug-likeness (QED) is 0.290. The highest BCUT2D eigenvalue weighted by molar-refractivity contribution is 7.98. The number of thiophene rings is 1.